The molecule has 2 rings (SSSR count). The minimum atomic E-state index is -0.727. The SMILES string of the molecule is OC(CNc1ccc(Cl)c(Cl)c1)c1ccc(F)cc1. The van der Waals surface area contributed by atoms with Gasteiger partial charge in [0.2, 0.25) is 0 Å². The van der Waals surface area contributed by atoms with Gasteiger partial charge in [-0.15, -0.1) is 0 Å². The molecule has 0 aliphatic rings. The van der Waals surface area contributed by atoms with Crippen LogP contribution in [0.5, 0.6) is 0 Å². The van der Waals surface area contributed by atoms with E-state index >= 15 is 0 Å². The highest BCUT2D eigenvalue weighted by Crippen LogP contribution is 2.25. The van der Waals surface area contributed by atoms with Crippen LogP contribution in [-0.2, 0) is 0 Å². The number of nitrogens with one attached hydrogen (secondary N) is 1. The lowest BCUT2D eigenvalue weighted by Gasteiger charge is -2.13. The van der Waals surface area contributed by atoms with Gasteiger partial charge in [-0.2, -0.15) is 0 Å². The van der Waals surface area contributed by atoms with Gasteiger partial charge in [0.1, 0.15) is 5.82 Å². The minimum Gasteiger partial charge on any atom is -0.387 e. The Morgan fingerprint density at radius 1 is 1.05 bits per heavy atom. The molecule has 1 unspecified atom stereocenters. The maximum Gasteiger partial charge on any atom is 0.123 e. The molecule has 19 heavy (non-hydrogen) atoms. The van der Waals surface area contributed by atoms with Crippen LogP contribution in [0.25, 0.3) is 0 Å². The standard InChI is InChI=1S/C14H12Cl2FNO/c15-12-6-5-11(7-13(12)16)18-8-14(19)9-1-3-10(17)4-2-9/h1-7,14,18-19H,8H2. The van der Waals surface area contributed by atoms with E-state index in [0.717, 1.165) is 5.69 Å². The third kappa shape index (κ3) is 3.83. The van der Waals surface area contributed by atoms with Gasteiger partial charge in [0.05, 0.1) is 16.1 Å². The highest BCUT2D eigenvalue weighted by Gasteiger charge is 2.07. The fraction of sp³-hybridized carbons (Fsp3) is 0.143. The van der Waals surface area contributed by atoms with E-state index in [4.69, 9.17) is 23.2 Å². The van der Waals surface area contributed by atoms with Crippen molar-refractivity contribution >= 4 is 28.9 Å². The second-order valence-electron chi connectivity index (χ2n) is 4.08. The Kier molecular flexibility index (Phi) is 4.64. The molecule has 0 saturated heterocycles. The maximum atomic E-state index is 12.8. The number of aliphatic hydroxyl groups is 1. The Balaban J connectivity index is 1.98. The zero-order chi connectivity index (χ0) is 13.8. The highest BCUT2D eigenvalue weighted by atomic mass is 35.5. The predicted molar refractivity (Wildman–Crippen MR) is 76.3 cm³/mol. The van der Waals surface area contributed by atoms with Crippen LogP contribution in [0, 0.1) is 5.82 Å². The number of hydrogen-bond donors (Lipinski definition) is 2. The van der Waals surface area contributed by atoms with Gasteiger partial charge in [0, 0.05) is 12.2 Å². The molecule has 0 saturated carbocycles. The summed E-state index contributed by atoms with van der Waals surface area (Å²) in [4.78, 5) is 0. The first-order valence-corrected chi connectivity index (χ1v) is 6.44. The molecule has 0 spiro atoms. The number of aliphatic hydroxyl groups excluding tert-OH is 1. The van der Waals surface area contributed by atoms with Crippen molar-refractivity contribution in [1.29, 1.82) is 0 Å². The van der Waals surface area contributed by atoms with Crippen LogP contribution in [0.15, 0.2) is 42.5 Å². The van der Waals surface area contributed by atoms with Crippen LogP contribution in [0.2, 0.25) is 10.0 Å². The molecule has 1 atom stereocenters. The Labute approximate surface area is 120 Å². The molecule has 2 N–H and O–H groups in total. The van der Waals surface area contributed by atoms with E-state index in [1.807, 2.05) is 0 Å². The number of halogens is 3. The largest absolute Gasteiger partial charge is 0.387 e. The summed E-state index contributed by atoms with van der Waals surface area (Å²) in [5, 5.41) is 13.9. The van der Waals surface area contributed by atoms with Gasteiger partial charge in [-0.05, 0) is 35.9 Å². The van der Waals surface area contributed by atoms with Crippen LogP contribution < -0.4 is 5.32 Å². The van der Waals surface area contributed by atoms with Crippen molar-refractivity contribution in [3.05, 3.63) is 63.9 Å². The summed E-state index contributed by atoms with van der Waals surface area (Å²) >= 11 is 11.7. The Hall–Kier alpha value is -1.29. The summed E-state index contributed by atoms with van der Waals surface area (Å²) < 4.78 is 12.8. The molecule has 2 aromatic rings. The summed E-state index contributed by atoms with van der Waals surface area (Å²) in [5.74, 6) is -0.326. The Morgan fingerprint density at radius 2 is 1.74 bits per heavy atom. The lowest BCUT2D eigenvalue weighted by Crippen LogP contribution is -2.12. The molecule has 100 valence electrons. The second-order valence-corrected chi connectivity index (χ2v) is 4.89. The quantitative estimate of drug-likeness (QED) is 0.883. The third-order valence-electron chi connectivity index (χ3n) is 2.67. The van der Waals surface area contributed by atoms with Crippen LogP contribution in [0.1, 0.15) is 11.7 Å². The topological polar surface area (TPSA) is 32.3 Å². The number of anilines is 1. The summed E-state index contributed by atoms with van der Waals surface area (Å²) in [5.41, 5.74) is 1.41. The molecule has 0 aliphatic carbocycles. The van der Waals surface area contributed by atoms with Crippen LogP contribution in [0.3, 0.4) is 0 Å². The molecule has 0 amide bonds. The molecular formula is C14H12Cl2FNO. The fourth-order valence-electron chi connectivity index (χ4n) is 1.62. The summed E-state index contributed by atoms with van der Waals surface area (Å²) in [6, 6.07) is 10.9. The Morgan fingerprint density at radius 3 is 2.37 bits per heavy atom. The van der Waals surface area contributed by atoms with E-state index in [-0.39, 0.29) is 5.82 Å². The first kappa shape index (κ1) is 14.1. The van der Waals surface area contributed by atoms with E-state index in [9.17, 15) is 9.50 Å². The monoisotopic (exact) mass is 299 g/mol. The first-order valence-electron chi connectivity index (χ1n) is 5.69. The smallest absolute Gasteiger partial charge is 0.123 e. The van der Waals surface area contributed by atoms with Gasteiger partial charge in [-0.25, -0.2) is 4.39 Å². The number of hydrogen-bond acceptors (Lipinski definition) is 2. The van der Waals surface area contributed by atoms with Gasteiger partial charge in [-0.1, -0.05) is 35.3 Å². The lowest BCUT2D eigenvalue weighted by atomic mass is 10.1. The number of rotatable bonds is 4. The van der Waals surface area contributed by atoms with Crippen molar-refractivity contribution < 1.29 is 9.50 Å². The van der Waals surface area contributed by atoms with E-state index < -0.39 is 6.10 Å². The molecule has 0 radical (unpaired) electrons. The second kappa shape index (κ2) is 6.24. The third-order valence-corrected chi connectivity index (χ3v) is 3.41. The lowest BCUT2D eigenvalue weighted by molar-refractivity contribution is 0.191. The molecule has 2 aromatic carbocycles. The van der Waals surface area contributed by atoms with E-state index in [0.29, 0.717) is 22.2 Å². The van der Waals surface area contributed by atoms with Crippen molar-refractivity contribution in [3.63, 3.8) is 0 Å². The van der Waals surface area contributed by atoms with Crippen molar-refractivity contribution in [3.8, 4) is 0 Å². The van der Waals surface area contributed by atoms with Gasteiger partial charge in [0.25, 0.3) is 0 Å². The molecule has 0 bridgehead atoms. The van der Waals surface area contributed by atoms with E-state index in [2.05, 4.69) is 5.32 Å². The predicted octanol–water partition coefficient (Wildman–Crippen LogP) is 4.28. The van der Waals surface area contributed by atoms with Crippen molar-refractivity contribution in [1.82, 2.24) is 0 Å². The highest BCUT2D eigenvalue weighted by molar-refractivity contribution is 6.42. The van der Waals surface area contributed by atoms with E-state index in [1.165, 1.54) is 12.1 Å². The van der Waals surface area contributed by atoms with Gasteiger partial charge < -0.3 is 10.4 Å². The number of benzene rings is 2. The van der Waals surface area contributed by atoms with Crippen LogP contribution >= 0.6 is 23.2 Å². The Bertz CT molecular complexity index is 560. The summed E-state index contributed by atoms with van der Waals surface area (Å²) in [6.45, 7) is 0.295. The average Bonchev–Trinajstić information content (AvgIpc) is 2.40. The fourth-order valence-corrected chi connectivity index (χ4v) is 1.92. The van der Waals surface area contributed by atoms with Crippen molar-refractivity contribution in [2.45, 2.75) is 6.10 Å². The molecule has 0 heterocycles. The normalized spacial score (nSPS) is 12.2. The zero-order valence-corrected chi connectivity index (χ0v) is 11.4. The van der Waals surface area contributed by atoms with Gasteiger partial charge in [0.15, 0.2) is 0 Å². The van der Waals surface area contributed by atoms with Crippen LogP contribution in [0.4, 0.5) is 10.1 Å². The van der Waals surface area contributed by atoms with E-state index in [1.54, 1.807) is 30.3 Å². The van der Waals surface area contributed by atoms with Gasteiger partial charge in [-0.3, -0.25) is 0 Å². The molecule has 5 heteroatoms. The molecule has 0 aromatic heterocycles. The van der Waals surface area contributed by atoms with Crippen LogP contribution in [-0.4, -0.2) is 11.7 Å². The molecule has 0 aliphatic heterocycles. The first-order chi connectivity index (χ1) is 9.06. The van der Waals surface area contributed by atoms with Crippen molar-refractivity contribution in [2.24, 2.45) is 0 Å². The summed E-state index contributed by atoms with van der Waals surface area (Å²) in [7, 11) is 0. The molecular weight excluding hydrogens is 288 g/mol. The maximum absolute atomic E-state index is 12.8. The summed E-state index contributed by atoms with van der Waals surface area (Å²) in [6.07, 6.45) is -0.727. The van der Waals surface area contributed by atoms with Gasteiger partial charge >= 0.3 is 0 Å². The molecule has 0 fully saturated rings. The average molecular weight is 300 g/mol. The van der Waals surface area contributed by atoms with Crippen molar-refractivity contribution in [2.75, 3.05) is 11.9 Å². The minimum absolute atomic E-state index is 0.295. The zero-order valence-electron chi connectivity index (χ0n) is 9.91. The molecule has 2 nitrogen and oxygen atoms in total.